The number of hydrogen-bond donors (Lipinski definition) is 1. The summed E-state index contributed by atoms with van der Waals surface area (Å²) in [7, 11) is 1.33. The molecule has 1 aromatic heterocycles. The maximum Gasteiger partial charge on any atom is 0.316 e. The zero-order valence-electron chi connectivity index (χ0n) is 13.3. The summed E-state index contributed by atoms with van der Waals surface area (Å²) in [6, 6.07) is 6.88. The SMILES string of the molecule is CCCOc1ccc(C(=O)Nc2nnc(SCC(=O)OC)s2)cc1. The van der Waals surface area contributed by atoms with Crippen molar-refractivity contribution in [1.29, 1.82) is 0 Å². The van der Waals surface area contributed by atoms with Gasteiger partial charge in [-0.15, -0.1) is 10.2 Å². The Morgan fingerprint density at radius 3 is 2.67 bits per heavy atom. The number of aromatic nitrogens is 2. The van der Waals surface area contributed by atoms with Gasteiger partial charge in [0.25, 0.3) is 5.91 Å². The van der Waals surface area contributed by atoms with E-state index in [0.29, 0.717) is 21.6 Å². The van der Waals surface area contributed by atoms with Crippen LogP contribution >= 0.6 is 23.1 Å². The van der Waals surface area contributed by atoms with E-state index in [-0.39, 0.29) is 17.6 Å². The Morgan fingerprint density at radius 2 is 2.00 bits per heavy atom. The highest BCUT2D eigenvalue weighted by atomic mass is 32.2. The van der Waals surface area contributed by atoms with Crippen LogP contribution in [0.15, 0.2) is 28.6 Å². The van der Waals surface area contributed by atoms with Gasteiger partial charge in [0.05, 0.1) is 19.5 Å². The quantitative estimate of drug-likeness (QED) is 0.436. The number of carbonyl (C=O) groups is 2. The summed E-state index contributed by atoms with van der Waals surface area (Å²) in [6.45, 7) is 2.67. The molecule has 2 aromatic rings. The molecule has 24 heavy (non-hydrogen) atoms. The highest BCUT2D eigenvalue weighted by Crippen LogP contribution is 2.26. The van der Waals surface area contributed by atoms with Crippen molar-refractivity contribution in [2.24, 2.45) is 0 Å². The fraction of sp³-hybridized carbons (Fsp3) is 0.333. The zero-order chi connectivity index (χ0) is 17.4. The number of methoxy groups -OCH3 is 1. The highest BCUT2D eigenvalue weighted by Gasteiger charge is 2.12. The smallest absolute Gasteiger partial charge is 0.316 e. The molecule has 1 amide bonds. The number of esters is 1. The van der Waals surface area contributed by atoms with Gasteiger partial charge >= 0.3 is 5.97 Å². The van der Waals surface area contributed by atoms with Crippen LogP contribution in [0.4, 0.5) is 5.13 Å². The van der Waals surface area contributed by atoms with Gasteiger partial charge in [0, 0.05) is 5.56 Å². The number of amides is 1. The lowest BCUT2D eigenvalue weighted by atomic mass is 10.2. The van der Waals surface area contributed by atoms with Crippen LogP contribution in [0.3, 0.4) is 0 Å². The third-order valence-electron chi connectivity index (χ3n) is 2.76. The van der Waals surface area contributed by atoms with Crippen LogP contribution < -0.4 is 10.1 Å². The molecule has 0 aliphatic carbocycles. The summed E-state index contributed by atoms with van der Waals surface area (Å²) < 4.78 is 10.6. The minimum absolute atomic E-state index is 0.151. The van der Waals surface area contributed by atoms with E-state index in [1.807, 2.05) is 6.92 Å². The van der Waals surface area contributed by atoms with E-state index in [9.17, 15) is 9.59 Å². The first-order valence-electron chi connectivity index (χ1n) is 7.19. The molecule has 9 heteroatoms. The Balaban J connectivity index is 1.90. The molecular weight excluding hydrogens is 350 g/mol. The number of thioether (sulfide) groups is 1. The molecule has 7 nitrogen and oxygen atoms in total. The Kier molecular flexibility index (Phi) is 7.01. The van der Waals surface area contributed by atoms with Crippen LogP contribution in [0.2, 0.25) is 0 Å². The van der Waals surface area contributed by atoms with Gasteiger partial charge in [-0.3, -0.25) is 14.9 Å². The molecule has 128 valence electrons. The standard InChI is InChI=1S/C15H17N3O4S2/c1-3-8-22-11-6-4-10(5-7-11)13(20)16-14-17-18-15(24-14)23-9-12(19)21-2/h4-7H,3,8-9H2,1-2H3,(H,16,17,20). The molecule has 2 rings (SSSR count). The summed E-state index contributed by atoms with van der Waals surface area (Å²) >= 11 is 2.41. The number of rotatable bonds is 8. The topological polar surface area (TPSA) is 90.4 Å². The first-order valence-corrected chi connectivity index (χ1v) is 9.00. The molecule has 0 radical (unpaired) electrons. The summed E-state index contributed by atoms with van der Waals surface area (Å²) in [5, 5.41) is 10.8. The van der Waals surface area contributed by atoms with Crippen molar-refractivity contribution in [3.8, 4) is 5.75 Å². The van der Waals surface area contributed by atoms with E-state index in [1.165, 1.54) is 30.2 Å². The van der Waals surface area contributed by atoms with Gasteiger partial charge in [-0.1, -0.05) is 30.0 Å². The zero-order valence-corrected chi connectivity index (χ0v) is 14.9. The molecule has 0 fully saturated rings. The normalized spacial score (nSPS) is 10.2. The second-order valence-corrected chi connectivity index (χ2v) is 6.76. The molecule has 0 aliphatic rings. The van der Waals surface area contributed by atoms with Crippen LogP contribution in [0.5, 0.6) is 5.75 Å². The maximum absolute atomic E-state index is 12.2. The van der Waals surface area contributed by atoms with Gasteiger partial charge in [-0.2, -0.15) is 0 Å². The first kappa shape index (κ1) is 18.2. The first-order chi connectivity index (χ1) is 11.6. The van der Waals surface area contributed by atoms with Crippen LogP contribution in [-0.4, -0.2) is 41.5 Å². The van der Waals surface area contributed by atoms with Gasteiger partial charge in [0.1, 0.15) is 5.75 Å². The Bertz CT molecular complexity index is 688. The third kappa shape index (κ3) is 5.50. The van der Waals surface area contributed by atoms with Crippen molar-refractivity contribution in [2.45, 2.75) is 17.7 Å². The molecular formula is C15H17N3O4S2. The summed E-state index contributed by atoms with van der Waals surface area (Å²) in [5.74, 6) is 0.257. The van der Waals surface area contributed by atoms with Crippen LogP contribution in [0.25, 0.3) is 0 Å². The molecule has 0 spiro atoms. The number of carbonyl (C=O) groups excluding carboxylic acids is 2. The number of anilines is 1. The second-order valence-electron chi connectivity index (χ2n) is 4.56. The monoisotopic (exact) mass is 367 g/mol. The van der Waals surface area contributed by atoms with E-state index in [4.69, 9.17) is 4.74 Å². The van der Waals surface area contributed by atoms with E-state index >= 15 is 0 Å². The number of hydrogen-bond acceptors (Lipinski definition) is 8. The minimum Gasteiger partial charge on any atom is -0.494 e. The van der Waals surface area contributed by atoms with Crippen molar-refractivity contribution in [2.75, 3.05) is 24.8 Å². The van der Waals surface area contributed by atoms with E-state index < -0.39 is 0 Å². The second kappa shape index (κ2) is 9.24. The fourth-order valence-corrected chi connectivity index (χ4v) is 3.17. The molecule has 1 N–H and O–H groups in total. The van der Waals surface area contributed by atoms with Gasteiger partial charge in [-0.25, -0.2) is 0 Å². The van der Waals surface area contributed by atoms with Crippen molar-refractivity contribution in [1.82, 2.24) is 10.2 Å². The maximum atomic E-state index is 12.2. The predicted octanol–water partition coefficient (Wildman–Crippen LogP) is 2.84. The molecule has 0 bridgehead atoms. The molecule has 0 aliphatic heterocycles. The van der Waals surface area contributed by atoms with E-state index in [2.05, 4.69) is 20.3 Å². The molecule has 0 atom stereocenters. The molecule has 0 saturated carbocycles. The van der Waals surface area contributed by atoms with Gasteiger partial charge in [0.15, 0.2) is 4.34 Å². The molecule has 1 aromatic carbocycles. The van der Waals surface area contributed by atoms with Crippen LogP contribution in [0.1, 0.15) is 23.7 Å². The van der Waals surface area contributed by atoms with E-state index in [1.54, 1.807) is 24.3 Å². The average molecular weight is 367 g/mol. The third-order valence-corrected chi connectivity index (χ3v) is 4.70. The molecule has 1 heterocycles. The highest BCUT2D eigenvalue weighted by molar-refractivity contribution is 8.01. The number of nitrogens with one attached hydrogen (secondary N) is 1. The van der Waals surface area contributed by atoms with Crippen molar-refractivity contribution in [3.63, 3.8) is 0 Å². The summed E-state index contributed by atoms with van der Waals surface area (Å²) in [6.07, 6.45) is 0.926. The lowest BCUT2D eigenvalue weighted by molar-refractivity contribution is -0.137. The number of benzene rings is 1. The van der Waals surface area contributed by atoms with Crippen molar-refractivity contribution < 1.29 is 19.1 Å². The lowest BCUT2D eigenvalue weighted by Gasteiger charge is -2.05. The predicted molar refractivity (Wildman–Crippen MR) is 92.8 cm³/mol. The van der Waals surface area contributed by atoms with Gasteiger partial charge in [-0.05, 0) is 30.7 Å². The van der Waals surface area contributed by atoms with Gasteiger partial charge in [0.2, 0.25) is 5.13 Å². The lowest BCUT2D eigenvalue weighted by Crippen LogP contribution is -2.11. The summed E-state index contributed by atoms with van der Waals surface area (Å²) in [5.41, 5.74) is 0.498. The largest absolute Gasteiger partial charge is 0.494 e. The van der Waals surface area contributed by atoms with Crippen molar-refractivity contribution >= 4 is 40.1 Å². The Labute approximate surface area is 147 Å². The average Bonchev–Trinajstić information content (AvgIpc) is 3.05. The fourth-order valence-electron chi connectivity index (χ4n) is 1.59. The number of ether oxygens (including phenoxy) is 2. The minimum atomic E-state index is -0.342. The molecule has 0 unspecified atom stereocenters. The van der Waals surface area contributed by atoms with Crippen molar-refractivity contribution in [3.05, 3.63) is 29.8 Å². The molecule has 0 saturated heterocycles. The summed E-state index contributed by atoms with van der Waals surface area (Å²) in [4.78, 5) is 23.2. The van der Waals surface area contributed by atoms with Crippen LogP contribution in [0, 0.1) is 0 Å². The Morgan fingerprint density at radius 1 is 1.25 bits per heavy atom. The number of nitrogens with zero attached hydrogens (tertiary/aromatic N) is 2. The van der Waals surface area contributed by atoms with Crippen LogP contribution in [-0.2, 0) is 9.53 Å². The van der Waals surface area contributed by atoms with Gasteiger partial charge < -0.3 is 9.47 Å². The van der Waals surface area contributed by atoms with E-state index in [0.717, 1.165) is 12.2 Å². The Hall–Kier alpha value is -2.13.